The van der Waals surface area contributed by atoms with Gasteiger partial charge in [0, 0.05) is 6.54 Å². The topological polar surface area (TPSA) is 81.7 Å². The number of esters is 1. The van der Waals surface area contributed by atoms with Crippen molar-refractivity contribution < 1.29 is 22.7 Å². The van der Waals surface area contributed by atoms with E-state index < -0.39 is 16.0 Å². The summed E-state index contributed by atoms with van der Waals surface area (Å²) < 4.78 is 37.7. The molecule has 0 aromatic heterocycles. The number of hydrogen-bond acceptors (Lipinski definition) is 5. The second-order valence-electron chi connectivity index (χ2n) is 7.01. The molecular formula is C20H25NO5S. The van der Waals surface area contributed by atoms with Crippen LogP contribution in [0.15, 0.2) is 53.4 Å². The molecular weight excluding hydrogens is 366 g/mol. The number of benzene rings is 2. The van der Waals surface area contributed by atoms with Crippen LogP contribution >= 0.6 is 0 Å². The van der Waals surface area contributed by atoms with Crippen molar-refractivity contribution in [2.75, 3.05) is 20.3 Å². The molecule has 2 rings (SSSR count). The molecule has 2 aromatic rings. The zero-order valence-corrected chi connectivity index (χ0v) is 16.8. The first-order chi connectivity index (χ1) is 12.6. The number of ether oxygens (including phenoxy) is 2. The van der Waals surface area contributed by atoms with Gasteiger partial charge in [0.05, 0.1) is 17.6 Å². The van der Waals surface area contributed by atoms with E-state index in [0.29, 0.717) is 0 Å². The van der Waals surface area contributed by atoms with E-state index in [4.69, 9.17) is 4.74 Å². The van der Waals surface area contributed by atoms with Crippen LogP contribution in [0.4, 0.5) is 0 Å². The van der Waals surface area contributed by atoms with Crippen LogP contribution in [0.2, 0.25) is 0 Å². The van der Waals surface area contributed by atoms with Crippen molar-refractivity contribution in [1.82, 2.24) is 4.72 Å². The predicted octanol–water partition coefficient (Wildman–Crippen LogP) is 3.13. The van der Waals surface area contributed by atoms with Crippen LogP contribution in [0.5, 0.6) is 5.75 Å². The lowest BCUT2D eigenvalue weighted by atomic mass is 9.86. The van der Waals surface area contributed by atoms with Gasteiger partial charge in [0.2, 0.25) is 10.0 Å². The van der Waals surface area contributed by atoms with E-state index in [-0.39, 0.29) is 29.0 Å². The summed E-state index contributed by atoms with van der Waals surface area (Å²) in [4.78, 5) is 11.6. The number of rotatable bonds is 7. The second-order valence-corrected chi connectivity index (χ2v) is 8.78. The lowest BCUT2D eigenvalue weighted by Gasteiger charge is -2.22. The van der Waals surface area contributed by atoms with Crippen molar-refractivity contribution in [3.8, 4) is 5.75 Å². The summed E-state index contributed by atoms with van der Waals surface area (Å²) >= 11 is 0. The molecule has 0 fully saturated rings. The summed E-state index contributed by atoms with van der Waals surface area (Å²) in [6.45, 7) is 6.55. The van der Waals surface area contributed by atoms with E-state index in [0.717, 1.165) is 11.3 Å². The molecule has 146 valence electrons. The third-order valence-corrected chi connectivity index (χ3v) is 5.37. The number of nitrogens with one attached hydrogen (secondary N) is 1. The van der Waals surface area contributed by atoms with Gasteiger partial charge in [0.1, 0.15) is 12.4 Å². The first kappa shape index (κ1) is 20.9. The van der Waals surface area contributed by atoms with Crippen LogP contribution in [-0.4, -0.2) is 34.6 Å². The van der Waals surface area contributed by atoms with Gasteiger partial charge < -0.3 is 9.47 Å². The molecule has 0 aliphatic heterocycles. The van der Waals surface area contributed by atoms with E-state index in [2.05, 4.69) is 30.2 Å². The summed E-state index contributed by atoms with van der Waals surface area (Å²) in [6.07, 6.45) is 0. The Labute approximate surface area is 160 Å². The maximum atomic E-state index is 12.4. The summed E-state index contributed by atoms with van der Waals surface area (Å²) in [6, 6.07) is 13.4. The van der Waals surface area contributed by atoms with Crippen molar-refractivity contribution in [3.63, 3.8) is 0 Å². The fraction of sp³-hybridized carbons (Fsp3) is 0.350. The number of carbonyl (C=O) groups excluding carboxylic acids is 1. The molecule has 27 heavy (non-hydrogen) atoms. The standard InChI is InChI=1S/C20H25NO5S/c1-20(2,3)17-10-5-6-11-18(17)26-13-12-21-27(23,24)16-9-7-8-15(14-16)19(22)25-4/h5-11,14,21H,12-13H2,1-4H3. The van der Waals surface area contributed by atoms with Gasteiger partial charge in [-0.2, -0.15) is 0 Å². The lowest BCUT2D eigenvalue weighted by Crippen LogP contribution is -2.28. The highest BCUT2D eigenvalue weighted by molar-refractivity contribution is 7.89. The summed E-state index contributed by atoms with van der Waals surface area (Å²) in [5.41, 5.74) is 1.15. The Bertz CT molecular complexity index is 901. The number of hydrogen-bond donors (Lipinski definition) is 1. The number of sulfonamides is 1. The molecule has 0 saturated carbocycles. The Balaban J connectivity index is 2.01. The first-order valence-electron chi connectivity index (χ1n) is 8.55. The molecule has 0 spiro atoms. The average Bonchev–Trinajstić information content (AvgIpc) is 2.64. The highest BCUT2D eigenvalue weighted by atomic mass is 32.2. The first-order valence-corrected chi connectivity index (χ1v) is 10.0. The van der Waals surface area contributed by atoms with Crippen LogP contribution in [0.25, 0.3) is 0 Å². The van der Waals surface area contributed by atoms with Gasteiger partial charge in [-0.05, 0) is 35.2 Å². The van der Waals surface area contributed by atoms with Crippen LogP contribution in [-0.2, 0) is 20.2 Å². The van der Waals surface area contributed by atoms with Gasteiger partial charge in [-0.15, -0.1) is 0 Å². The minimum atomic E-state index is -3.76. The zero-order chi connectivity index (χ0) is 20.1. The van der Waals surface area contributed by atoms with E-state index in [1.165, 1.54) is 31.4 Å². The van der Waals surface area contributed by atoms with Crippen LogP contribution in [0, 0.1) is 0 Å². The third-order valence-electron chi connectivity index (χ3n) is 3.91. The zero-order valence-electron chi connectivity index (χ0n) is 16.0. The van der Waals surface area contributed by atoms with Gasteiger partial charge in [-0.1, -0.05) is 45.0 Å². The Hall–Kier alpha value is -2.38. The normalized spacial score (nSPS) is 11.9. The number of methoxy groups -OCH3 is 1. The smallest absolute Gasteiger partial charge is 0.337 e. The minimum Gasteiger partial charge on any atom is -0.492 e. The van der Waals surface area contributed by atoms with Gasteiger partial charge in [0.25, 0.3) is 0 Å². The Morgan fingerprint density at radius 1 is 1.07 bits per heavy atom. The van der Waals surface area contributed by atoms with E-state index in [1.54, 1.807) is 0 Å². The van der Waals surface area contributed by atoms with Crippen molar-refractivity contribution in [2.24, 2.45) is 0 Å². The quantitative estimate of drug-likeness (QED) is 0.579. The SMILES string of the molecule is COC(=O)c1cccc(S(=O)(=O)NCCOc2ccccc2C(C)(C)C)c1. The largest absolute Gasteiger partial charge is 0.492 e. The molecule has 0 amide bonds. The molecule has 0 atom stereocenters. The molecule has 2 aromatic carbocycles. The molecule has 0 saturated heterocycles. The average molecular weight is 391 g/mol. The second kappa shape index (κ2) is 8.54. The van der Waals surface area contributed by atoms with Crippen molar-refractivity contribution in [2.45, 2.75) is 31.1 Å². The summed E-state index contributed by atoms with van der Waals surface area (Å²) in [5, 5.41) is 0. The van der Waals surface area contributed by atoms with E-state index in [9.17, 15) is 13.2 Å². The molecule has 0 unspecified atom stereocenters. The molecule has 0 radical (unpaired) electrons. The van der Waals surface area contributed by atoms with Crippen LogP contribution in [0.3, 0.4) is 0 Å². The van der Waals surface area contributed by atoms with Crippen LogP contribution in [0.1, 0.15) is 36.7 Å². The van der Waals surface area contributed by atoms with Gasteiger partial charge in [-0.25, -0.2) is 17.9 Å². The lowest BCUT2D eigenvalue weighted by molar-refractivity contribution is 0.0600. The van der Waals surface area contributed by atoms with E-state index in [1.807, 2.05) is 24.3 Å². The molecule has 7 heteroatoms. The molecule has 0 aliphatic carbocycles. The maximum absolute atomic E-state index is 12.4. The van der Waals surface area contributed by atoms with E-state index >= 15 is 0 Å². The Morgan fingerprint density at radius 2 is 1.78 bits per heavy atom. The number of para-hydroxylation sites is 1. The molecule has 1 N–H and O–H groups in total. The molecule has 0 aliphatic rings. The number of carbonyl (C=O) groups is 1. The minimum absolute atomic E-state index is 0.000455. The Morgan fingerprint density at radius 3 is 2.44 bits per heavy atom. The van der Waals surface area contributed by atoms with Gasteiger partial charge in [0.15, 0.2) is 0 Å². The molecule has 6 nitrogen and oxygen atoms in total. The third kappa shape index (κ3) is 5.55. The van der Waals surface area contributed by atoms with Gasteiger partial charge >= 0.3 is 5.97 Å². The fourth-order valence-electron chi connectivity index (χ4n) is 2.54. The summed E-state index contributed by atoms with van der Waals surface area (Å²) in [7, 11) is -2.51. The molecule has 0 heterocycles. The predicted molar refractivity (Wildman–Crippen MR) is 104 cm³/mol. The Kier molecular flexibility index (Phi) is 6.62. The van der Waals surface area contributed by atoms with Crippen molar-refractivity contribution >= 4 is 16.0 Å². The van der Waals surface area contributed by atoms with Crippen LogP contribution < -0.4 is 9.46 Å². The van der Waals surface area contributed by atoms with Crippen molar-refractivity contribution in [1.29, 1.82) is 0 Å². The monoisotopic (exact) mass is 391 g/mol. The maximum Gasteiger partial charge on any atom is 0.337 e. The molecule has 0 bridgehead atoms. The van der Waals surface area contributed by atoms with Gasteiger partial charge in [-0.3, -0.25) is 0 Å². The van der Waals surface area contributed by atoms with Crippen molar-refractivity contribution in [3.05, 3.63) is 59.7 Å². The highest BCUT2D eigenvalue weighted by Gasteiger charge is 2.19. The summed E-state index contributed by atoms with van der Waals surface area (Å²) in [5.74, 6) is 0.144. The fourth-order valence-corrected chi connectivity index (χ4v) is 3.60. The highest BCUT2D eigenvalue weighted by Crippen LogP contribution is 2.30.